The van der Waals surface area contributed by atoms with E-state index in [0.29, 0.717) is 13.0 Å². The molecule has 0 N–H and O–H groups in total. The number of carbonyl (C=O) groups is 1. The predicted octanol–water partition coefficient (Wildman–Crippen LogP) is 3.58. The molecule has 0 saturated carbocycles. The van der Waals surface area contributed by atoms with Gasteiger partial charge in [-0.05, 0) is 62.7 Å². The number of anilines is 2. The largest absolute Gasteiger partial charge is 0.494 e. The molecule has 154 valence electrons. The minimum Gasteiger partial charge on any atom is -0.494 e. The van der Waals surface area contributed by atoms with E-state index in [2.05, 4.69) is 28.0 Å². The SMILES string of the molecule is CCOc1ccc(CC(=O)N2CCN(CCN3CCCC3)c3ccccc32)cc1. The summed E-state index contributed by atoms with van der Waals surface area (Å²) in [5.74, 6) is 1.00. The Balaban J connectivity index is 1.43. The molecule has 29 heavy (non-hydrogen) atoms. The zero-order valence-corrected chi connectivity index (χ0v) is 17.3. The van der Waals surface area contributed by atoms with Crippen molar-refractivity contribution in [1.82, 2.24) is 4.90 Å². The number of rotatable bonds is 7. The van der Waals surface area contributed by atoms with Crippen LogP contribution in [-0.4, -0.2) is 56.7 Å². The van der Waals surface area contributed by atoms with Gasteiger partial charge in [0.15, 0.2) is 0 Å². The Bertz CT molecular complexity index is 815. The van der Waals surface area contributed by atoms with E-state index in [-0.39, 0.29) is 5.91 Å². The molecule has 4 rings (SSSR count). The van der Waals surface area contributed by atoms with E-state index in [1.807, 2.05) is 42.2 Å². The summed E-state index contributed by atoms with van der Waals surface area (Å²) < 4.78 is 5.50. The summed E-state index contributed by atoms with van der Waals surface area (Å²) in [4.78, 5) is 20.0. The molecule has 2 aliphatic heterocycles. The number of ether oxygens (including phenoxy) is 1. The zero-order chi connectivity index (χ0) is 20.1. The monoisotopic (exact) mass is 393 g/mol. The molecule has 1 saturated heterocycles. The first kappa shape index (κ1) is 19.8. The fourth-order valence-electron chi connectivity index (χ4n) is 4.32. The van der Waals surface area contributed by atoms with Crippen LogP contribution in [0.25, 0.3) is 0 Å². The zero-order valence-electron chi connectivity index (χ0n) is 17.3. The summed E-state index contributed by atoms with van der Waals surface area (Å²) in [6, 6.07) is 16.2. The molecule has 1 fully saturated rings. The number of hydrogen-bond donors (Lipinski definition) is 0. The number of likely N-dealkylation sites (tertiary alicyclic amines) is 1. The van der Waals surface area contributed by atoms with Gasteiger partial charge >= 0.3 is 0 Å². The van der Waals surface area contributed by atoms with Crippen molar-refractivity contribution in [1.29, 1.82) is 0 Å². The lowest BCUT2D eigenvalue weighted by molar-refractivity contribution is -0.118. The standard InChI is InChI=1S/C24H31N3O2/c1-2-29-21-11-9-20(10-12-21)19-24(28)27-18-17-26(16-15-25-13-5-6-14-25)22-7-3-4-8-23(22)27/h3-4,7-12H,2,5-6,13-19H2,1H3. The van der Waals surface area contributed by atoms with Gasteiger partial charge in [-0.15, -0.1) is 0 Å². The van der Waals surface area contributed by atoms with Crippen molar-refractivity contribution in [3.8, 4) is 5.75 Å². The van der Waals surface area contributed by atoms with Gasteiger partial charge in [-0.25, -0.2) is 0 Å². The first-order chi connectivity index (χ1) is 14.2. The maximum Gasteiger partial charge on any atom is 0.231 e. The van der Waals surface area contributed by atoms with E-state index in [0.717, 1.165) is 43.2 Å². The maximum atomic E-state index is 13.1. The summed E-state index contributed by atoms with van der Waals surface area (Å²) in [6.07, 6.45) is 3.06. The lowest BCUT2D eigenvalue weighted by Crippen LogP contribution is -2.46. The first-order valence-corrected chi connectivity index (χ1v) is 10.8. The van der Waals surface area contributed by atoms with E-state index in [9.17, 15) is 4.79 Å². The van der Waals surface area contributed by atoms with Crippen LogP contribution in [0.1, 0.15) is 25.3 Å². The van der Waals surface area contributed by atoms with Gasteiger partial charge in [-0.1, -0.05) is 24.3 Å². The Morgan fingerprint density at radius 1 is 0.897 bits per heavy atom. The number of benzene rings is 2. The second-order valence-corrected chi connectivity index (χ2v) is 7.82. The summed E-state index contributed by atoms with van der Waals surface area (Å²) >= 11 is 0. The fraction of sp³-hybridized carbons (Fsp3) is 0.458. The van der Waals surface area contributed by atoms with Gasteiger partial charge in [0.05, 0.1) is 24.4 Å². The molecule has 0 radical (unpaired) electrons. The van der Waals surface area contributed by atoms with Crippen molar-refractivity contribution in [3.05, 3.63) is 54.1 Å². The molecule has 1 amide bonds. The highest BCUT2D eigenvalue weighted by atomic mass is 16.5. The number of para-hydroxylation sites is 2. The number of amides is 1. The fourth-order valence-corrected chi connectivity index (χ4v) is 4.32. The molecule has 5 heteroatoms. The minimum absolute atomic E-state index is 0.154. The second-order valence-electron chi connectivity index (χ2n) is 7.82. The Morgan fingerprint density at radius 2 is 1.62 bits per heavy atom. The third-order valence-corrected chi connectivity index (χ3v) is 5.88. The molecular formula is C24H31N3O2. The molecule has 0 atom stereocenters. The Labute approximate surface area is 173 Å². The van der Waals surface area contributed by atoms with E-state index < -0.39 is 0 Å². The van der Waals surface area contributed by atoms with Crippen molar-refractivity contribution in [3.63, 3.8) is 0 Å². The summed E-state index contributed by atoms with van der Waals surface area (Å²) in [7, 11) is 0. The van der Waals surface area contributed by atoms with Crippen LogP contribution in [0.5, 0.6) is 5.75 Å². The second kappa shape index (κ2) is 9.31. The van der Waals surface area contributed by atoms with Crippen molar-refractivity contribution in [2.45, 2.75) is 26.2 Å². The summed E-state index contributed by atoms with van der Waals surface area (Å²) in [5.41, 5.74) is 3.24. The van der Waals surface area contributed by atoms with Crippen LogP contribution in [0.15, 0.2) is 48.5 Å². The molecular weight excluding hydrogens is 362 g/mol. The van der Waals surface area contributed by atoms with E-state index in [4.69, 9.17) is 4.74 Å². The number of hydrogen-bond acceptors (Lipinski definition) is 4. The number of nitrogens with zero attached hydrogens (tertiary/aromatic N) is 3. The molecule has 2 aromatic rings. The molecule has 0 unspecified atom stereocenters. The van der Waals surface area contributed by atoms with Crippen molar-refractivity contribution < 1.29 is 9.53 Å². The van der Waals surface area contributed by atoms with Gasteiger partial charge < -0.3 is 19.4 Å². The van der Waals surface area contributed by atoms with E-state index in [1.54, 1.807) is 0 Å². The first-order valence-electron chi connectivity index (χ1n) is 10.8. The Morgan fingerprint density at radius 3 is 2.34 bits per heavy atom. The minimum atomic E-state index is 0.154. The van der Waals surface area contributed by atoms with Crippen LogP contribution in [-0.2, 0) is 11.2 Å². The number of carbonyl (C=O) groups excluding carboxylic acids is 1. The van der Waals surface area contributed by atoms with Gasteiger partial charge in [0.2, 0.25) is 5.91 Å². The highest BCUT2D eigenvalue weighted by Crippen LogP contribution is 2.33. The summed E-state index contributed by atoms with van der Waals surface area (Å²) in [6.45, 7) is 8.83. The molecule has 2 aromatic carbocycles. The molecule has 0 spiro atoms. The van der Waals surface area contributed by atoms with Gasteiger partial charge in [-0.3, -0.25) is 4.79 Å². The lowest BCUT2D eigenvalue weighted by atomic mass is 10.1. The van der Waals surface area contributed by atoms with Crippen molar-refractivity contribution in [2.24, 2.45) is 0 Å². The molecule has 0 aromatic heterocycles. The van der Waals surface area contributed by atoms with Crippen molar-refractivity contribution in [2.75, 3.05) is 55.7 Å². The van der Waals surface area contributed by atoms with Crippen molar-refractivity contribution >= 4 is 17.3 Å². The van der Waals surface area contributed by atoms with Crippen LogP contribution < -0.4 is 14.5 Å². The highest BCUT2D eigenvalue weighted by Gasteiger charge is 2.27. The van der Waals surface area contributed by atoms with Crippen LogP contribution in [0.4, 0.5) is 11.4 Å². The number of fused-ring (bicyclic) bond motifs is 1. The quantitative estimate of drug-likeness (QED) is 0.720. The van der Waals surface area contributed by atoms with Crippen LogP contribution >= 0.6 is 0 Å². The highest BCUT2D eigenvalue weighted by molar-refractivity contribution is 5.99. The normalized spacial score (nSPS) is 16.7. The average molecular weight is 394 g/mol. The smallest absolute Gasteiger partial charge is 0.231 e. The third kappa shape index (κ3) is 4.73. The molecule has 2 aliphatic rings. The maximum absolute atomic E-state index is 13.1. The van der Waals surface area contributed by atoms with E-state index in [1.165, 1.54) is 31.6 Å². The molecule has 5 nitrogen and oxygen atoms in total. The molecule has 0 aliphatic carbocycles. The lowest BCUT2D eigenvalue weighted by Gasteiger charge is -2.38. The van der Waals surface area contributed by atoms with Crippen LogP contribution in [0.3, 0.4) is 0 Å². The molecule has 2 heterocycles. The summed E-state index contributed by atoms with van der Waals surface area (Å²) in [5, 5.41) is 0. The third-order valence-electron chi connectivity index (χ3n) is 5.88. The Hall–Kier alpha value is -2.53. The average Bonchev–Trinajstić information content (AvgIpc) is 3.27. The molecule has 0 bridgehead atoms. The van der Waals surface area contributed by atoms with Gasteiger partial charge in [0.1, 0.15) is 5.75 Å². The van der Waals surface area contributed by atoms with Crippen LogP contribution in [0, 0.1) is 0 Å². The van der Waals surface area contributed by atoms with Gasteiger partial charge in [-0.2, -0.15) is 0 Å². The van der Waals surface area contributed by atoms with Gasteiger partial charge in [0.25, 0.3) is 0 Å². The predicted molar refractivity (Wildman–Crippen MR) is 118 cm³/mol. The van der Waals surface area contributed by atoms with Gasteiger partial charge in [0, 0.05) is 26.2 Å². The topological polar surface area (TPSA) is 36.0 Å². The van der Waals surface area contributed by atoms with Crippen LogP contribution in [0.2, 0.25) is 0 Å². The van der Waals surface area contributed by atoms with E-state index >= 15 is 0 Å². The Kier molecular flexibility index (Phi) is 6.35.